The second kappa shape index (κ2) is 15.6. The number of hydrogen-bond donors (Lipinski definition) is 0. The Balaban J connectivity index is 1.17. The molecule has 0 N–H and O–H groups in total. The smallest absolute Gasteiger partial charge is 0.194 e. The van der Waals surface area contributed by atoms with Gasteiger partial charge in [-0.1, -0.05) is 97.1 Å². The molecule has 0 atom stereocenters. The number of rotatable bonds is 10. The van der Waals surface area contributed by atoms with Crippen LogP contribution in [0.2, 0.25) is 0 Å². The van der Waals surface area contributed by atoms with Gasteiger partial charge in [0.25, 0.3) is 0 Å². The highest BCUT2D eigenvalue weighted by molar-refractivity contribution is 6.28. The zero-order valence-corrected chi connectivity index (χ0v) is 32.3. The number of hydrogen-bond acceptors (Lipinski definition) is 4. The van der Waals surface area contributed by atoms with Gasteiger partial charge in [0.1, 0.15) is 11.5 Å². The van der Waals surface area contributed by atoms with Crippen molar-refractivity contribution in [2.24, 2.45) is 0 Å². The molecule has 0 radical (unpaired) electrons. The quantitative estimate of drug-likeness (QED) is 0.0779. The highest BCUT2D eigenvalue weighted by Gasteiger charge is 2.25. The average molecular weight is 829 g/mol. The summed E-state index contributed by atoms with van der Waals surface area (Å²) in [5, 5.41) is 5.59. The molecule has 0 aliphatic heterocycles. The maximum Gasteiger partial charge on any atom is 0.194 e. The summed E-state index contributed by atoms with van der Waals surface area (Å²) in [5.41, 5.74) is 4.17. The molecule has 10 heteroatoms. The molecule has 4 nitrogen and oxygen atoms in total. The van der Waals surface area contributed by atoms with Crippen LogP contribution in [0.1, 0.15) is 0 Å². The largest absolute Gasteiger partial charge is 0.455 e. The molecule has 0 heterocycles. The lowest BCUT2D eigenvalue weighted by Gasteiger charge is -2.30. The maximum absolute atomic E-state index is 14.4. The molecule has 0 amide bonds. The van der Waals surface area contributed by atoms with Crippen LogP contribution in [0.25, 0.3) is 32.3 Å². The molecule has 62 heavy (non-hydrogen) atoms. The topological polar surface area (TPSA) is 24.9 Å². The van der Waals surface area contributed by atoms with Crippen LogP contribution in [-0.4, -0.2) is 0 Å². The van der Waals surface area contributed by atoms with Crippen LogP contribution in [0.3, 0.4) is 0 Å². The molecule has 302 valence electrons. The second-order valence-electron chi connectivity index (χ2n) is 14.5. The summed E-state index contributed by atoms with van der Waals surface area (Å²) < 4.78 is 97.6. The van der Waals surface area contributed by atoms with Crippen molar-refractivity contribution >= 4 is 66.4 Å². The Bertz CT molecular complexity index is 3030. The van der Waals surface area contributed by atoms with Gasteiger partial charge < -0.3 is 19.3 Å². The molecule has 0 saturated carbocycles. The van der Waals surface area contributed by atoms with E-state index in [1.165, 1.54) is 0 Å². The maximum atomic E-state index is 14.4. The molecule has 10 aromatic rings. The van der Waals surface area contributed by atoms with Crippen molar-refractivity contribution in [1.82, 2.24) is 0 Å². The van der Waals surface area contributed by atoms with E-state index in [9.17, 15) is 26.3 Å². The first-order valence-electron chi connectivity index (χ1n) is 19.5. The van der Waals surface area contributed by atoms with Crippen LogP contribution in [0.15, 0.2) is 182 Å². The Labute approximate surface area is 351 Å². The zero-order valence-electron chi connectivity index (χ0n) is 32.3. The molecule has 0 aliphatic carbocycles. The van der Waals surface area contributed by atoms with E-state index < -0.39 is 34.9 Å². The van der Waals surface area contributed by atoms with Crippen LogP contribution in [0.4, 0.5) is 60.5 Å². The molecular weight excluding hydrogens is 799 g/mol. The first kappa shape index (κ1) is 38.2. The lowest BCUT2D eigenvalue weighted by molar-refractivity contribution is 0.423. The molecule has 0 fully saturated rings. The number of benzene rings is 10. The summed E-state index contributed by atoms with van der Waals surface area (Å²) in [4.78, 5) is 4.01. The van der Waals surface area contributed by atoms with Crippen molar-refractivity contribution < 1.29 is 35.8 Å². The van der Waals surface area contributed by atoms with Crippen LogP contribution in [0.5, 0.6) is 23.0 Å². The summed E-state index contributed by atoms with van der Waals surface area (Å²) in [7, 11) is 0. The molecule has 0 bridgehead atoms. The SMILES string of the molecule is Fc1cc(Oc2ccccc2N(c2ccccc2)c2ccc3ccc4c(N(c5ccccc5)c5ccccc5Oc5cc(F)c(F)c(F)c5)ccc5ccc2c3c54)cc(F)c1F. The lowest BCUT2D eigenvalue weighted by Crippen LogP contribution is -2.12. The van der Waals surface area contributed by atoms with E-state index >= 15 is 0 Å². The Morgan fingerprint density at radius 2 is 0.661 bits per heavy atom. The summed E-state index contributed by atoms with van der Waals surface area (Å²) in [6.07, 6.45) is 0. The van der Waals surface area contributed by atoms with Crippen molar-refractivity contribution in [2.75, 3.05) is 9.80 Å². The molecule has 0 spiro atoms. The monoisotopic (exact) mass is 828 g/mol. The van der Waals surface area contributed by atoms with Crippen molar-refractivity contribution in [2.45, 2.75) is 0 Å². The Morgan fingerprint density at radius 1 is 0.323 bits per heavy atom. The Hall–Kier alpha value is -7.98. The van der Waals surface area contributed by atoms with Crippen molar-refractivity contribution in [3.05, 3.63) is 217 Å². The first-order valence-corrected chi connectivity index (χ1v) is 19.5. The van der Waals surface area contributed by atoms with E-state index in [-0.39, 0.29) is 23.0 Å². The zero-order chi connectivity index (χ0) is 42.5. The van der Waals surface area contributed by atoms with Gasteiger partial charge in [0.15, 0.2) is 46.4 Å². The third kappa shape index (κ3) is 6.71. The van der Waals surface area contributed by atoms with E-state index in [1.54, 1.807) is 24.3 Å². The molecule has 0 saturated heterocycles. The number of halogens is 6. The number of para-hydroxylation sites is 6. The van der Waals surface area contributed by atoms with Gasteiger partial charge in [0.05, 0.1) is 22.7 Å². The fraction of sp³-hybridized carbons (Fsp3) is 0. The molecule has 0 unspecified atom stereocenters. The summed E-state index contributed by atoms with van der Waals surface area (Å²) in [6.45, 7) is 0. The average Bonchev–Trinajstić information content (AvgIpc) is 3.29. The minimum atomic E-state index is -1.59. The number of anilines is 6. The van der Waals surface area contributed by atoms with Gasteiger partial charge in [0, 0.05) is 46.4 Å². The van der Waals surface area contributed by atoms with Crippen LogP contribution in [-0.2, 0) is 0 Å². The van der Waals surface area contributed by atoms with E-state index in [2.05, 4.69) is 24.3 Å². The van der Waals surface area contributed by atoms with Crippen LogP contribution >= 0.6 is 0 Å². The van der Waals surface area contributed by atoms with E-state index in [0.29, 0.717) is 11.4 Å². The normalized spacial score (nSPS) is 11.4. The van der Waals surface area contributed by atoms with Gasteiger partial charge in [-0.05, 0) is 82.2 Å². The molecule has 10 rings (SSSR count). The fourth-order valence-corrected chi connectivity index (χ4v) is 8.02. The summed E-state index contributed by atoms with van der Waals surface area (Å²) >= 11 is 0. The van der Waals surface area contributed by atoms with Crippen molar-refractivity contribution in [3.8, 4) is 23.0 Å². The summed E-state index contributed by atoms with van der Waals surface area (Å²) in [5.74, 6) is -8.55. The molecular formula is C52H30F6N2O2. The lowest BCUT2D eigenvalue weighted by atomic mass is 9.91. The molecule has 10 aromatic carbocycles. The number of ether oxygens (including phenoxy) is 2. The van der Waals surface area contributed by atoms with Gasteiger partial charge >= 0.3 is 0 Å². The Morgan fingerprint density at radius 3 is 1.05 bits per heavy atom. The predicted octanol–water partition coefficient (Wildman–Crippen LogP) is 15.9. The van der Waals surface area contributed by atoms with Crippen LogP contribution in [0, 0.1) is 34.9 Å². The van der Waals surface area contributed by atoms with Crippen molar-refractivity contribution in [3.63, 3.8) is 0 Å². The summed E-state index contributed by atoms with van der Waals surface area (Å²) in [6, 6.07) is 52.9. The van der Waals surface area contributed by atoms with E-state index in [4.69, 9.17) is 9.47 Å². The molecule has 0 aliphatic rings. The van der Waals surface area contributed by atoms with Gasteiger partial charge in [-0.15, -0.1) is 0 Å². The number of nitrogens with zero attached hydrogens (tertiary/aromatic N) is 2. The van der Waals surface area contributed by atoms with Gasteiger partial charge in [-0.25, -0.2) is 26.3 Å². The highest BCUT2D eigenvalue weighted by Crippen LogP contribution is 2.50. The third-order valence-electron chi connectivity index (χ3n) is 10.7. The highest BCUT2D eigenvalue weighted by atomic mass is 19.2. The standard InChI is InChI=1S/C52H30F6N2O2/c53-39-27-35(28-40(54)51(39)57)61-47-17-9-7-15-45(47)59(33-11-3-1-4-12-33)43-25-21-31-20-24-38-44(26-22-32-19-23-37(43)49(31)50(32)38)60(34-13-5-2-6-14-34)46-16-8-10-18-48(46)62-36-29-41(55)52(58)42(56)30-36/h1-30H. The second-order valence-corrected chi connectivity index (χ2v) is 14.5. The van der Waals surface area contributed by atoms with E-state index in [0.717, 1.165) is 79.3 Å². The minimum absolute atomic E-state index is 0.211. The van der Waals surface area contributed by atoms with Gasteiger partial charge in [-0.3, -0.25) is 0 Å². The van der Waals surface area contributed by atoms with Crippen LogP contribution < -0.4 is 19.3 Å². The predicted molar refractivity (Wildman–Crippen MR) is 232 cm³/mol. The third-order valence-corrected chi connectivity index (χ3v) is 10.7. The molecule has 0 aromatic heterocycles. The minimum Gasteiger partial charge on any atom is -0.455 e. The van der Waals surface area contributed by atoms with Gasteiger partial charge in [0.2, 0.25) is 0 Å². The van der Waals surface area contributed by atoms with Crippen molar-refractivity contribution in [1.29, 1.82) is 0 Å². The van der Waals surface area contributed by atoms with Gasteiger partial charge in [-0.2, -0.15) is 0 Å². The fourth-order valence-electron chi connectivity index (χ4n) is 8.02. The first-order chi connectivity index (χ1) is 30.2. The van der Waals surface area contributed by atoms with E-state index in [1.807, 2.05) is 119 Å². The Kier molecular flexibility index (Phi) is 9.60.